The first-order chi connectivity index (χ1) is 11.6. The van der Waals surface area contributed by atoms with Crippen molar-refractivity contribution in [3.63, 3.8) is 0 Å². The molecule has 0 amide bonds. The third-order valence-electron chi connectivity index (χ3n) is 4.16. The van der Waals surface area contributed by atoms with Crippen LogP contribution in [0.15, 0.2) is 30.3 Å². The van der Waals surface area contributed by atoms with E-state index in [1.807, 2.05) is 36.6 Å². The second-order valence-electron chi connectivity index (χ2n) is 5.73. The fourth-order valence-electron chi connectivity index (χ4n) is 3.10. The molecular formula is C17H22O6S. The number of carbonyl (C=O) groups excluding carboxylic acids is 1. The molecule has 132 valence electrons. The van der Waals surface area contributed by atoms with E-state index in [0.717, 1.165) is 5.56 Å². The Morgan fingerprint density at radius 1 is 1.25 bits per heavy atom. The van der Waals surface area contributed by atoms with Gasteiger partial charge >= 0.3 is 5.97 Å². The van der Waals surface area contributed by atoms with Crippen molar-refractivity contribution in [1.29, 1.82) is 0 Å². The van der Waals surface area contributed by atoms with Gasteiger partial charge < -0.3 is 23.7 Å². The van der Waals surface area contributed by atoms with Crippen molar-refractivity contribution in [3.8, 4) is 0 Å². The van der Waals surface area contributed by atoms with E-state index in [-0.39, 0.29) is 23.4 Å². The standard InChI is InChI=1S/C17H22O6S/c1-10(18)21-14-15(24-3)13-12(22-17(14)19-2)9-20-16(23-13)11-7-5-4-6-8-11/h4-8,12-17H,9H2,1-3H3/t12-,13+,14-,15-,16?,17-/m1/s1. The molecule has 6 nitrogen and oxygen atoms in total. The van der Waals surface area contributed by atoms with Crippen molar-refractivity contribution in [2.45, 2.75) is 43.1 Å². The molecule has 24 heavy (non-hydrogen) atoms. The molecule has 0 aliphatic carbocycles. The molecule has 1 unspecified atom stereocenters. The Balaban J connectivity index is 1.80. The molecule has 1 aromatic rings. The predicted octanol–water partition coefficient (Wildman–Crippen LogP) is 2.14. The van der Waals surface area contributed by atoms with E-state index >= 15 is 0 Å². The molecule has 7 heteroatoms. The SMILES string of the molecule is CO[C@@H]1O[C@@H]2COC(c3ccccc3)O[C@@H]2[C@@H](SC)[C@H]1OC(C)=O. The summed E-state index contributed by atoms with van der Waals surface area (Å²) in [5.41, 5.74) is 0.953. The average Bonchev–Trinajstić information content (AvgIpc) is 2.61. The summed E-state index contributed by atoms with van der Waals surface area (Å²) in [6, 6.07) is 9.76. The molecule has 2 heterocycles. The lowest BCUT2D eigenvalue weighted by atomic mass is 10.00. The van der Waals surface area contributed by atoms with Crippen LogP contribution in [-0.4, -0.2) is 55.8 Å². The van der Waals surface area contributed by atoms with Crippen LogP contribution in [0.25, 0.3) is 0 Å². The summed E-state index contributed by atoms with van der Waals surface area (Å²) >= 11 is 1.58. The monoisotopic (exact) mass is 354 g/mol. The molecule has 0 radical (unpaired) electrons. The van der Waals surface area contributed by atoms with Gasteiger partial charge in [-0.25, -0.2) is 0 Å². The summed E-state index contributed by atoms with van der Waals surface area (Å²) in [5, 5.41) is -0.104. The first-order valence-electron chi connectivity index (χ1n) is 7.84. The summed E-state index contributed by atoms with van der Waals surface area (Å²) < 4.78 is 28.7. The Morgan fingerprint density at radius 2 is 2.00 bits per heavy atom. The number of esters is 1. The molecule has 2 fully saturated rings. The van der Waals surface area contributed by atoms with Crippen LogP contribution in [-0.2, 0) is 28.5 Å². The third-order valence-corrected chi connectivity index (χ3v) is 5.24. The molecule has 0 N–H and O–H groups in total. The summed E-state index contributed by atoms with van der Waals surface area (Å²) in [4.78, 5) is 11.5. The van der Waals surface area contributed by atoms with E-state index in [1.54, 1.807) is 11.8 Å². The van der Waals surface area contributed by atoms with Gasteiger partial charge in [-0.2, -0.15) is 11.8 Å². The van der Waals surface area contributed by atoms with E-state index < -0.39 is 18.7 Å². The van der Waals surface area contributed by atoms with Crippen molar-refractivity contribution in [1.82, 2.24) is 0 Å². The molecule has 0 saturated carbocycles. The number of benzene rings is 1. The fraction of sp³-hybridized carbons (Fsp3) is 0.588. The maximum atomic E-state index is 11.5. The highest BCUT2D eigenvalue weighted by atomic mass is 32.2. The van der Waals surface area contributed by atoms with E-state index in [1.165, 1.54) is 14.0 Å². The molecule has 0 aromatic heterocycles. The topological polar surface area (TPSA) is 63.2 Å². The van der Waals surface area contributed by atoms with Crippen molar-refractivity contribution in [2.24, 2.45) is 0 Å². The van der Waals surface area contributed by atoms with Crippen LogP contribution in [0.2, 0.25) is 0 Å². The van der Waals surface area contributed by atoms with Gasteiger partial charge in [0.25, 0.3) is 0 Å². The van der Waals surface area contributed by atoms with E-state index in [9.17, 15) is 4.79 Å². The van der Waals surface area contributed by atoms with Gasteiger partial charge in [-0.3, -0.25) is 4.79 Å². The van der Waals surface area contributed by atoms with E-state index in [4.69, 9.17) is 23.7 Å². The molecule has 0 bridgehead atoms. The summed E-state index contributed by atoms with van der Waals surface area (Å²) in [6.45, 7) is 1.78. The van der Waals surface area contributed by atoms with Crippen LogP contribution in [0.5, 0.6) is 0 Å². The normalized spacial score (nSPS) is 36.0. The first-order valence-corrected chi connectivity index (χ1v) is 9.13. The predicted molar refractivity (Wildman–Crippen MR) is 88.5 cm³/mol. The molecule has 2 saturated heterocycles. The third kappa shape index (κ3) is 3.60. The molecule has 2 aliphatic heterocycles. The number of hydrogen-bond donors (Lipinski definition) is 0. The van der Waals surface area contributed by atoms with Crippen molar-refractivity contribution in [3.05, 3.63) is 35.9 Å². The van der Waals surface area contributed by atoms with Gasteiger partial charge in [0.15, 0.2) is 18.7 Å². The maximum Gasteiger partial charge on any atom is 0.303 e. The van der Waals surface area contributed by atoms with Crippen LogP contribution in [0, 0.1) is 0 Å². The van der Waals surface area contributed by atoms with Gasteiger partial charge in [0, 0.05) is 19.6 Å². The van der Waals surface area contributed by atoms with Gasteiger partial charge in [-0.15, -0.1) is 0 Å². The largest absolute Gasteiger partial charge is 0.456 e. The van der Waals surface area contributed by atoms with Crippen LogP contribution in [0.1, 0.15) is 18.8 Å². The number of thioether (sulfide) groups is 1. The quantitative estimate of drug-likeness (QED) is 0.768. The fourth-order valence-corrected chi connectivity index (χ4v) is 4.06. The summed E-state index contributed by atoms with van der Waals surface area (Å²) in [5.74, 6) is -0.366. The molecule has 0 spiro atoms. The van der Waals surface area contributed by atoms with Gasteiger partial charge in [0.05, 0.1) is 11.9 Å². The number of carbonyl (C=O) groups is 1. The number of methoxy groups -OCH3 is 1. The second-order valence-corrected chi connectivity index (χ2v) is 6.75. The van der Waals surface area contributed by atoms with Crippen LogP contribution < -0.4 is 0 Å². The van der Waals surface area contributed by atoms with Crippen LogP contribution in [0.3, 0.4) is 0 Å². The minimum absolute atomic E-state index is 0.104. The first kappa shape index (κ1) is 17.7. The molecule has 2 aliphatic rings. The van der Waals surface area contributed by atoms with Crippen molar-refractivity contribution >= 4 is 17.7 Å². The Bertz CT molecular complexity index is 553. The number of hydrogen-bond acceptors (Lipinski definition) is 7. The maximum absolute atomic E-state index is 11.5. The van der Waals surface area contributed by atoms with Gasteiger partial charge in [-0.1, -0.05) is 30.3 Å². The summed E-state index contributed by atoms with van der Waals surface area (Å²) in [7, 11) is 1.54. The molecule has 6 atom stereocenters. The minimum atomic E-state index is -0.631. The summed E-state index contributed by atoms with van der Waals surface area (Å²) in [6.07, 6.45) is -0.171. The Hall–Kier alpha value is -1.12. The van der Waals surface area contributed by atoms with E-state index in [0.29, 0.717) is 6.61 Å². The zero-order chi connectivity index (χ0) is 17.1. The molecule has 1 aromatic carbocycles. The lowest BCUT2D eigenvalue weighted by molar-refractivity contribution is -0.331. The Labute approximate surface area is 145 Å². The highest BCUT2D eigenvalue weighted by molar-refractivity contribution is 7.99. The highest BCUT2D eigenvalue weighted by Gasteiger charge is 2.51. The van der Waals surface area contributed by atoms with Gasteiger partial charge in [0.1, 0.15) is 12.2 Å². The van der Waals surface area contributed by atoms with Crippen molar-refractivity contribution < 1.29 is 28.5 Å². The lowest BCUT2D eigenvalue weighted by Gasteiger charge is -2.48. The van der Waals surface area contributed by atoms with Crippen molar-refractivity contribution in [2.75, 3.05) is 20.0 Å². The lowest BCUT2D eigenvalue weighted by Crippen LogP contribution is -2.61. The van der Waals surface area contributed by atoms with E-state index in [2.05, 4.69) is 0 Å². The Kier molecular flexibility index (Phi) is 5.78. The number of fused-ring (bicyclic) bond motifs is 1. The molecular weight excluding hydrogens is 332 g/mol. The Morgan fingerprint density at radius 3 is 2.62 bits per heavy atom. The highest BCUT2D eigenvalue weighted by Crippen LogP contribution is 2.39. The number of rotatable bonds is 4. The van der Waals surface area contributed by atoms with Crippen LogP contribution >= 0.6 is 11.8 Å². The zero-order valence-electron chi connectivity index (χ0n) is 13.9. The molecule has 3 rings (SSSR count). The second kappa shape index (κ2) is 7.84. The minimum Gasteiger partial charge on any atom is -0.456 e. The average molecular weight is 354 g/mol. The number of ether oxygens (including phenoxy) is 5. The smallest absolute Gasteiger partial charge is 0.303 e. The van der Waals surface area contributed by atoms with Gasteiger partial charge in [0.2, 0.25) is 0 Å². The zero-order valence-corrected chi connectivity index (χ0v) is 14.7. The van der Waals surface area contributed by atoms with Crippen LogP contribution in [0.4, 0.5) is 0 Å². The van der Waals surface area contributed by atoms with Gasteiger partial charge in [-0.05, 0) is 6.26 Å².